The molecule has 3 heterocycles. The van der Waals surface area contributed by atoms with E-state index in [-0.39, 0.29) is 68.6 Å². The third-order valence-corrected chi connectivity index (χ3v) is 19.6. The van der Waals surface area contributed by atoms with Crippen molar-refractivity contribution >= 4 is 111 Å². The van der Waals surface area contributed by atoms with Gasteiger partial charge in [0.05, 0.1) is 33.4 Å². The van der Waals surface area contributed by atoms with Crippen LogP contribution in [0.1, 0.15) is 101 Å². The molecule has 9 aromatic rings. The average molecular weight is 2060 g/mol. The largest absolute Gasteiger partial charge is 1.00 e. The average Bonchev–Trinajstić information content (AvgIpc) is 0.753. The minimum Gasteiger partial charge on any atom is -1.00 e. The predicted molar refractivity (Wildman–Crippen MR) is 408 cm³/mol. The molecule has 0 aliphatic carbocycles. The van der Waals surface area contributed by atoms with Crippen LogP contribution in [0.15, 0.2) is 59.1 Å². The van der Waals surface area contributed by atoms with Crippen molar-refractivity contribution in [3.8, 4) is 0 Å². The minimum absolute atomic E-state index is 0. The number of alkyl halides is 12. The van der Waals surface area contributed by atoms with E-state index in [1.54, 1.807) is 0 Å². The van der Waals surface area contributed by atoms with Crippen LogP contribution in [0, 0.1) is 203 Å². The Balaban J connectivity index is 0.000000444. The molecule has 3 fully saturated rings. The second kappa shape index (κ2) is 47.0. The Morgan fingerprint density at radius 1 is 0.353 bits per heavy atom. The molecular formula is C80H61B3BrClF42LiO5-3. The summed E-state index contributed by atoms with van der Waals surface area (Å²) in [4.78, 5) is 0. The Labute approximate surface area is 754 Å². The molecule has 0 amide bonds. The number of benzene rings is 9. The van der Waals surface area contributed by atoms with Gasteiger partial charge in [-0.25, -0.2) is 137 Å². The minimum atomic E-state index is -5.31. The molecule has 0 bridgehead atoms. The van der Waals surface area contributed by atoms with Gasteiger partial charge in [0.25, 0.3) is 0 Å². The number of rotatable bonds is 12. The van der Waals surface area contributed by atoms with E-state index in [1.165, 1.54) is 52.4 Å². The van der Waals surface area contributed by atoms with E-state index in [1.807, 2.05) is 0 Å². The van der Waals surface area contributed by atoms with Gasteiger partial charge in [-0.2, -0.15) is 58.1 Å². The Kier molecular flexibility index (Phi) is 41.2. The molecule has 0 atom stereocenters. The summed E-state index contributed by atoms with van der Waals surface area (Å²) in [7, 11) is 7.38. The predicted octanol–water partition coefficient (Wildman–Crippen LogP) is 21.3. The van der Waals surface area contributed by atoms with Crippen LogP contribution in [-0.2, 0) is 42.7 Å². The summed E-state index contributed by atoms with van der Waals surface area (Å²) in [5.41, 5.74) is -21.5. The molecule has 5 nitrogen and oxygen atoms in total. The molecule has 1 N–H and O–H groups in total. The maximum atomic E-state index is 15.2. The van der Waals surface area contributed by atoms with Gasteiger partial charge in [-0.05, 0) is 81.1 Å². The first kappa shape index (κ1) is 117. The summed E-state index contributed by atoms with van der Waals surface area (Å²) in [6.07, 6.45) is -20.8. The van der Waals surface area contributed by atoms with Gasteiger partial charge < -0.3 is 43.1 Å². The second-order valence-corrected chi connectivity index (χ2v) is 29.8. The van der Waals surface area contributed by atoms with Crippen LogP contribution in [0.2, 0.25) is 0 Å². The summed E-state index contributed by atoms with van der Waals surface area (Å²) in [5, 5.41) is 0. The summed E-state index contributed by atoms with van der Waals surface area (Å²) in [5.74, 6) is -76.7. The number of ether oxygens (including phenoxy) is 1. The zero-order chi connectivity index (χ0) is 99.9. The van der Waals surface area contributed by atoms with Crippen molar-refractivity contribution in [1.29, 1.82) is 0 Å². The third kappa shape index (κ3) is 26.6. The standard InChI is InChI=1S/C23H13BF13O.C20H7BF13.C17H10BF11O.C6BrF5.2C5H10O.C4H8O.ClH.Li.H/c1-7(2)38-24(10-5-8(3)4-9(6-10)23(35,36)37,11-13(25)17(29)21(33)18(30)14(11)26)12-15(27)19(31)22(34)20(32)16(12)28;1-5-2-6(20(32,33)34)4-7(3-5)21(8-10(22)14(26)18(30)15(27)11(8)23)9-12(24)16(28)19(31)17(29)13(9)25;1-6(2)30-18(10-11(19)13(21)15(23)14(22)12(10)20)9-4-7(16(24,25)26)3-8(5-9)17(27,28)29;7-1-2(8)4(10)6(12)5(11)3(1)9;2*1-6-4-2-3-5-6;1-2-4-5-3-1;;;/h4-7H,1-3H3;2-4,21H,1H3;3-6H,1-2H3;;2*1-5H2;1-4H2;1H;;/q2*-1;;;;;;;2*-1/p+1. The number of hydrogen-bond donors (Lipinski definition) is 0. The first-order valence-electron chi connectivity index (χ1n) is 36.9. The van der Waals surface area contributed by atoms with Gasteiger partial charge in [0, 0.05) is 56.2 Å². The van der Waals surface area contributed by atoms with Crippen molar-refractivity contribution < 1.29 is 209 Å². The molecule has 53 heteroatoms. The first-order valence-corrected chi connectivity index (χ1v) is 37.7. The van der Waals surface area contributed by atoms with Crippen molar-refractivity contribution in [3.63, 3.8) is 0 Å². The third-order valence-electron chi connectivity index (χ3n) is 19.0. The number of halogens is 44. The zero-order valence-electron chi connectivity index (χ0n) is 69.4. The Morgan fingerprint density at radius 3 is 0.880 bits per heavy atom. The zero-order valence-corrected chi connectivity index (χ0v) is 70.8. The molecule has 3 aliphatic heterocycles. The van der Waals surface area contributed by atoms with E-state index in [9.17, 15) is 167 Å². The van der Waals surface area contributed by atoms with Crippen molar-refractivity contribution in [2.45, 2.75) is 117 Å². The fourth-order valence-corrected chi connectivity index (χ4v) is 13.5. The fraction of sp³-hybridized carbons (Fsp3) is 0.300. The van der Waals surface area contributed by atoms with E-state index < -0.39 is 307 Å². The first-order chi connectivity index (χ1) is 60.3. The smallest absolute Gasteiger partial charge is 0.416 e. The Hall–Kier alpha value is -8.60. The number of aliphatic hydroxyl groups is 2. The fourth-order valence-electron chi connectivity index (χ4n) is 13.1. The van der Waals surface area contributed by atoms with E-state index >= 15 is 17.6 Å². The Bertz CT molecular complexity index is 5210. The van der Waals surface area contributed by atoms with E-state index in [0.29, 0.717) is 24.3 Å². The normalized spacial score (nSPS) is 13.7. The molecule has 9 aromatic carbocycles. The van der Waals surface area contributed by atoms with Crippen LogP contribution in [0.5, 0.6) is 0 Å². The molecule has 0 spiro atoms. The molecule has 0 aromatic heterocycles. The molecule has 2 radical (unpaired) electrons. The van der Waals surface area contributed by atoms with Gasteiger partial charge in [0.15, 0.2) is 122 Å². The van der Waals surface area contributed by atoms with Crippen molar-refractivity contribution in [3.05, 3.63) is 281 Å². The van der Waals surface area contributed by atoms with Gasteiger partial charge in [-0.15, -0.1) is 23.3 Å². The van der Waals surface area contributed by atoms with Gasteiger partial charge in [0.1, 0.15) is 86.2 Å². The molecule has 3 saturated heterocycles. The van der Waals surface area contributed by atoms with Gasteiger partial charge in [-0.3, -0.25) is 0 Å². The van der Waals surface area contributed by atoms with Crippen LogP contribution in [-0.4, -0.2) is 95.4 Å². The molecule has 0 unspecified atom stereocenters. The second-order valence-electron chi connectivity index (χ2n) is 29.0. The molecular weight excluding hydrogens is 1990 g/mol. The topological polar surface area (TPSA) is 36.7 Å². The van der Waals surface area contributed by atoms with Crippen molar-refractivity contribution in [2.24, 2.45) is 0 Å². The Morgan fingerprint density at radius 2 is 0.617 bits per heavy atom. The van der Waals surface area contributed by atoms with Crippen LogP contribution >= 0.6 is 28.3 Å². The summed E-state index contributed by atoms with van der Waals surface area (Å²) in [6, 6.07) is 2.07. The van der Waals surface area contributed by atoms with Gasteiger partial charge in [0.2, 0.25) is 12.2 Å². The summed E-state index contributed by atoms with van der Waals surface area (Å²) >= 11 is 2.22. The van der Waals surface area contributed by atoms with Gasteiger partial charge in [-0.1, -0.05) is 72.7 Å². The van der Waals surface area contributed by atoms with Crippen LogP contribution < -0.4 is 43.7 Å². The van der Waals surface area contributed by atoms with E-state index in [4.69, 9.17) is 9.31 Å². The summed E-state index contributed by atoms with van der Waals surface area (Å²) < 4.78 is 595. The van der Waals surface area contributed by atoms with E-state index in [2.05, 4.69) is 43.6 Å². The van der Waals surface area contributed by atoms with Crippen molar-refractivity contribution in [2.75, 3.05) is 39.6 Å². The molecule has 0 saturated carbocycles. The number of aryl methyl sites for hydroxylation is 2. The molecule has 133 heavy (non-hydrogen) atoms. The van der Waals surface area contributed by atoms with Gasteiger partial charge >= 0.3 is 31.6 Å². The quantitative estimate of drug-likeness (QED) is 0.0305. The van der Waals surface area contributed by atoms with E-state index in [0.717, 1.165) is 67.3 Å². The SMILES string of the molecule is C1CC[OH+]C1.CC(C)OB(c1cc(C(F)(F)F)cc(C(F)(F)F)c1)c1c(F)c(F)c(F)c(F)c1F.Cc1cc([B-](OC(C)C)(c2c(F)c(F)c(F)c(F)c2F)c2c(F)c(F)c(F)c(F)c2F)cc(C(F)(F)F)c1.Cc1cc([BH-](c2c(F)c(F)c(F)c(F)c2F)c2c(F)c(F)c(F)c(F)c2F)cc(C(F)(F)F)c1.Cl.Fc1c(F)c(F)c(Br)c(F)c1F.[CH2-][O+]1CCCC1.[CH2-][O+]1CCCC1.[H-].[Li-]. The monoisotopic (exact) mass is 2050 g/mol. The molecule has 12 rings (SSSR count). The van der Waals surface area contributed by atoms with Crippen LogP contribution in [0.3, 0.4) is 0 Å². The van der Waals surface area contributed by atoms with Crippen LogP contribution in [0.4, 0.5) is 184 Å². The van der Waals surface area contributed by atoms with Crippen LogP contribution in [0.25, 0.3) is 0 Å². The maximum Gasteiger partial charge on any atom is 0.416 e. The summed E-state index contributed by atoms with van der Waals surface area (Å²) in [6.45, 7) is 6.28. The van der Waals surface area contributed by atoms with Crippen molar-refractivity contribution in [1.82, 2.24) is 0 Å². The molecule has 3 aliphatic rings. The maximum absolute atomic E-state index is 15.2. The molecule has 732 valence electrons. The number of hydrogen-bond acceptors (Lipinski definition) is 2.